The molecule has 0 aromatic carbocycles. The van der Waals surface area contributed by atoms with Crippen molar-refractivity contribution in [3.8, 4) is 0 Å². The number of halogens is 1. The average molecular weight is 227 g/mol. The first-order chi connectivity index (χ1) is 7.17. The molecule has 0 fully saturated rings. The molecule has 4 heteroatoms. The lowest BCUT2D eigenvalue weighted by Crippen LogP contribution is -2.33. The van der Waals surface area contributed by atoms with Crippen LogP contribution < -0.4 is 5.32 Å². The van der Waals surface area contributed by atoms with Crippen LogP contribution in [0.5, 0.6) is 0 Å². The highest BCUT2D eigenvalue weighted by Crippen LogP contribution is 2.07. The molecule has 0 saturated heterocycles. The van der Waals surface area contributed by atoms with Crippen molar-refractivity contribution >= 4 is 17.5 Å². The molecule has 0 saturated carbocycles. The van der Waals surface area contributed by atoms with E-state index in [-0.39, 0.29) is 11.9 Å². The third kappa shape index (κ3) is 3.51. The lowest BCUT2D eigenvalue weighted by atomic mass is 10.1. The number of rotatable bonds is 4. The highest BCUT2D eigenvalue weighted by molar-refractivity contribution is 6.29. The van der Waals surface area contributed by atoms with Gasteiger partial charge in [0.05, 0.1) is 0 Å². The number of nitrogens with zero attached hydrogens (tertiary/aromatic N) is 1. The number of carbonyl (C=O) groups excluding carboxylic acids is 1. The smallest absolute Gasteiger partial charge is 0.251 e. The van der Waals surface area contributed by atoms with Gasteiger partial charge in [0.25, 0.3) is 5.91 Å². The van der Waals surface area contributed by atoms with Gasteiger partial charge in [-0.1, -0.05) is 25.4 Å². The molecule has 0 bridgehead atoms. The number of hydrogen-bond donors (Lipinski definition) is 1. The van der Waals surface area contributed by atoms with Gasteiger partial charge in [0, 0.05) is 17.8 Å². The van der Waals surface area contributed by atoms with E-state index in [1.165, 1.54) is 6.20 Å². The molecule has 1 aromatic heterocycles. The Morgan fingerprint density at radius 1 is 1.53 bits per heavy atom. The van der Waals surface area contributed by atoms with E-state index < -0.39 is 0 Å². The van der Waals surface area contributed by atoms with Gasteiger partial charge in [-0.25, -0.2) is 4.98 Å². The van der Waals surface area contributed by atoms with E-state index in [9.17, 15) is 4.79 Å². The zero-order valence-electron chi connectivity index (χ0n) is 8.96. The van der Waals surface area contributed by atoms with Crippen molar-refractivity contribution in [2.24, 2.45) is 0 Å². The molecule has 0 aliphatic heterocycles. The van der Waals surface area contributed by atoms with E-state index in [1.807, 2.05) is 13.8 Å². The maximum atomic E-state index is 11.7. The fraction of sp³-hybridized carbons (Fsp3) is 0.455. The molecule has 0 spiro atoms. The Morgan fingerprint density at radius 3 is 2.73 bits per heavy atom. The minimum Gasteiger partial charge on any atom is -0.349 e. The first-order valence-corrected chi connectivity index (χ1v) is 5.47. The van der Waals surface area contributed by atoms with Crippen LogP contribution in [0.4, 0.5) is 0 Å². The molecule has 15 heavy (non-hydrogen) atoms. The third-order valence-electron chi connectivity index (χ3n) is 2.31. The van der Waals surface area contributed by atoms with Gasteiger partial charge in [-0.3, -0.25) is 4.79 Å². The predicted octanol–water partition coefficient (Wildman–Crippen LogP) is 2.65. The Bertz CT molecular complexity index is 337. The van der Waals surface area contributed by atoms with Crippen LogP contribution in [0.15, 0.2) is 18.3 Å². The second-order valence-corrected chi connectivity index (χ2v) is 3.74. The van der Waals surface area contributed by atoms with E-state index in [1.54, 1.807) is 12.1 Å². The van der Waals surface area contributed by atoms with Gasteiger partial charge in [-0.2, -0.15) is 0 Å². The Balaban J connectivity index is 2.68. The van der Waals surface area contributed by atoms with Crippen molar-refractivity contribution in [1.82, 2.24) is 10.3 Å². The first kappa shape index (κ1) is 12.0. The SMILES string of the molecule is CCC(CC)NC(=O)c1ccnc(Cl)c1. The van der Waals surface area contributed by atoms with E-state index in [4.69, 9.17) is 11.6 Å². The summed E-state index contributed by atoms with van der Waals surface area (Å²) in [6.07, 6.45) is 3.40. The van der Waals surface area contributed by atoms with Gasteiger partial charge in [0.1, 0.15) is 5.15 Å². The van der Waals surface area contributed by atoms with Gasteiger partial charge in [0.2, 0.25) is 0 Å². The third-order valence-corrected chi connectivity index (χ3v) is 2.52. The molecule has 1 rings (SSSR count). The summed E-state index contributed by atoms with van der Waals surface area (Å²) in [5.41, 5.74) is 0.557. The molecule has 1 aromatic rings. The van der Waals surface area contributed by atoms with E-state index in [2.05, 4.69) is 10.3 Å². The van der Waals surface area contributed by atoms with Crippen LogP contribution in [0, 0.1) is 0 Å². The maximum Gasteiger partial charge on any atom is 0.251 e. The number of hydrogen-bond acceptors (Lipinski definition) is 2. The van der Waals surface area contributed by atoms with Crippen molar-refractivity contribution in [1.29, 1.82) is 0 Å². The molecule has 1 heterocycles. The van der Waals surface area contributed by atoms with Crippen LogP contribution >= 0.6 is 11.6 Å². The van der Waals surface area contributed by atoms with Gasteiger partial charge in [-0.15, -0.1) is 0 Å². The zero-order chi connectivity index (χ0) is 11.3. The van der Waals surface area contributed by atoms with Crippen molar-refractivity contribution in [2.75, 3.05) is 0 Å². The molecule has 3 nitrogen and oxygen atoms in total. The van der Waals surface area contributed by atoms with Crippen LogP contribution in [-0.4, -0.2) is 16.9 Å². The highest BCUT2D eigenvalue weighted by atomic mass is 35.5. The van der Waals surface area contributed by atoms with E-state index >= 15 is 0 Å². The lowest BCUT2D eigenvalue weighted by Gasteiger charge is -2.14. The highest BCUT2D eigenvalue weighted by Gasteiger charge is 2.10. The molecular formula is C11H15ClN2O. The summed E-state index contributed by atoms with van der Waals surface area (Å²) in [4.78, 5) is 15.6. The summed E-state index contributed by atoms with van der Waals surface area (Å²) < 4.78 is 0. The second-order valence-electron chi connectivity index (χ2n) is 3.35. The summed E-state index contributed by atoms with van der Waals surface area (Å²) in [7, 11) is 0. The molecule has 82 valence electrons. The van der Waals surface area contributed by atoms with Gasteiger partial charge in [0.15, 0.2) is 0 Å². The lowest BCUT2D eigenvalue weighted by molar-refractivity contribution is 0.0934. The van der Waals surface area contributed by atoms with E-state index in [0.29, 0.717) is 10.7 Å². The molecule has 0 radical (unpaired) electrons. The predicted molar refractivity (Wildman–Crippen MR) is 61.1 cm³/mol. The quantitative estimate of drug-likeness (QED) is 0.802. The topological polar surface area (TPSA) is 42.0 Å². The van der Waals surface area contributed by atoms with Crippen LogP contribution in [0.25, 0.3) is 0 Å². The summed E-state index contributed by atoms with van der Waals surface area (Å²) in [5, 5.41) is 3.27. The number of amides is 1. The summed E-state index contributed by atoms with van der Waals surface area (Å²) in [5.74, 6) is -0.0898. The molecule has 0 aliphatic rings. The number of aromatic nitrogens is 1. The monoisotopic (exact) mass is 226 g/mol. The Labute approximate surface area is 94.9 Å². The minimum absolute atomic E-state index is 0.0898. The molecule has 0 aliphatic carbocycles. The molecule has 1 N–H and O–H groups in total. The van der Waals surface area contributed by atoms with Crippen molar-refractivity contribution in [3.05, 3.63) is 29.0 Å². The standard InChI is InChI=1S/C11H15ClN2O/c1-3-9(4-2)14-11(15)8-5-6-13-10(12)7-8/h5-7,9H,3-4H2,1-2H3,(H,14,15). The van der Waals surface area contributed by atoms with Crippen LogP contribution in [0.2, 0.25) is 5.15 Å². The zero-order valence-corrected chi connectivity index (χ0v) is 9.71. The Morgan fingerprint density at radius 2 is 2.20 bits per heavy atom. The Kier molecular flexibility index (Phi) is 4.56. The fourth-order valence-electron chi connectivity index (χ4n) is 1.31. The number of nitrogens with one attached hydrogen (secondary N) is 1. The van der Waals surface area contributed by atoms with E-state index in [0.717, 1.165) is 12.8 Å². The van der Waals surface area contributed by atoms with Crippen LogP contribution in [-0.2, 0) is 0 Å². The van der Waals surface area contributed by atoms with Crippen LogP contribution in [0.3, 0.4) is 0 Å². The van der Waals surface area contributed by atoms with Gasteiger partial charge < -0.3 is 5.32 Å². The molecular weight excluding hydrogens is 212 g/mol. The summed E-state index contributed by atoms with van der Waals surface area (Å²) >= 11 is 5.70. The van der Waals surface area contributed by atoms with Crippen molar-refractivity contribution < 1.29 is 4.79 Å². The minimum atomic E-state index is -0.0898. The Hall–Kier alpha value is -1.09. The average Bonchev–Trinajstić information content (AvgIpc) is 2.25. The normalized spacial score (nSPS) is 10.4. The fourth-order valence-corrected chi connectivity index (χ4v) is 1.48. The molecule has 0 atom stereocenters. The second kappa shape index (κ2) is 5.71. The number of pyridine rings is 1. The van der Waals surface area contributed by atoms with Crippen molar-refractivity contribution in [2.45, 2.75) is 32.7 Å². The number of carbonyl (C=O) groups is 1. The maximum absolute atomic E-state index is 11.7. The van der Waals surface area contributed by atoms with Gasteiger partial charge >= 0.3 is 0 Å². The largest absolute Gasteiger partial charge is 0.349 e. The summed E-state index contributed by atoms with van der Waals surface area (Å²) in [6, 6.07) is 3.45. The molecule has 0 unspecified atom stereocenters. The first-order valence-electron chi connectivity index (χ1n) is 5.09. The molecule has 1 amide bonds. The van der Waals surface area contributed by atoms with Crippen molar-refractivity contribution in [3.63, 3.8) is 0 Å². The summed E-state index contributed by atoms with van der Waals surface area (Å²) in [6.45, 7) is 4.10. The van der Waals surface area contributed by atoms with Gasteiger partial charge in [-0.05, 0) is 25.0 Å². The van der Waals surface area contributed by atoms with Crippen LogP contribution in [0.1, 0.15) is 37.0 Å².